The quantitative estimate of drug-likeness (QED) is 0.111. The van der Waals surface area contributed by atoms with E-state index in [4.69, 9.17) is 4.74 Å². The molecule has 0 aliphatic heterocycles. The van der Waals surface area contributed by atoms with Gasteiger partial charge in [0.15, 0.2) is 0 Å². The van der Waals surface area contributed by atoms with Crippen molar-refractivity contribution in [3.8, 4) is 0 Å². The molecule has 9 heteroatoms. The van der Waals surface area contributed by atoms with Gasteiger partial charge in [0.1, 0.15) is 0 Å². The topological polar surface area (TPSA) is 109 Å². The number of nitro groups is 1. The third-order valence-corrected chi connectivity index (χ3v) is 4.61. The Morgan fingerprint density at radius 1 is 1.03 bits per heavy atom. The van der Waals surface area contributed by atoms with Gasteiger partial charge in [0.2, 0.25) is 5.82 Å². The second-order valence-corrected chi connectivity index (χ2v) is 6.89. The van der Waals surface area contributed by atoms with Gasteiger partial charge in [0, 0.05) is 19.3 Å². The van der Waals surface area contributed by atoms with E-state index in [1.807, 2.05) is 60.7 Å². The first kappa shape index (κ1) is 26.7. The van der Waals surface area contributed by atoms with Crippen LogP contribution in [0.1, 0.15) is 23.6 Å². The maximum absolute atomic E-state index is 12.2. The number of ether oxygens (including phenoxy) is 1. The summed E-state index contributed by atoms with van der Waals surface area (Å²) in [7, 11) is 0. The Morgan fingerprint density at radius 2 is 1.58 bits per heavy atom. The summed E-state index contributed by atoms with van der Waals surface area (Å²) in [6.07, 6.45) is 2.31. The van der Waals surface area contributed by atoms with E-state index in [0.717, 1.165) is 17.2 Å². The Bertz CT molecular complexity index is 1070. The molecule has 1 aromatic heterocycles. The molecule has 0 bridgehead atoms. The van der Waals surface area contributed by atoms with E-state index >= 15 is 0 Å². The molecule has 0 fully saturated rings. The molecule has 3 aromatic rings. The Hall–Kier alpha value is -2.56. The summed E-state index contributed by atoms with van der Waals surface area (Å²) in [5, 5.41) is 24.2. The minimum atomic E-state index is -1.06. The molecular formula is C24H22KN3O5. The van der Waals surface area contributed by atoms with Crippen LogP contribution in [-0.4, -0.2) is 22.5 Å². The van der Waals surface area contributed by atoms with Crippen molar-refractivity contribution in [2.24, 2.45) is 0 Å². The molecule has 0 saturated carbocycles. The Kier molecular flexibility index (Phi) is 10.7. The number of hydrogen-bond acceptors (Lipinski definition) is 7. The van der Waals surface area contributed by atoms with Gasteiger partial charge in [-0.2, -0.15) is 0 Å². The fraction of sp³-hybridized carbons (Fsp3) is 0.167. The zero-order chi connectivity index (χ0) is 22.9. The summed E-state index contributed by atoms with van der Waals surface area (Å²) in [6.45, 7) is 2.32. The minimum absolute atomic E-state index is 0. The molecule has 2 aromatic carbocycles. The van der Waals surface area contributed by atoms with Crippen LogP contribution in [0, 0.1) is 10.1 Å². The molecule has 0 saturated heterocycles. The number of carbonyl (C=O) groups is 1. The summed E-state index contributed by atoms with van der Waals surface area (Å²) in [6, 6.07) is 20.4. The minimum Gasteiger partial charge on any atom is -0.868 e. The van der Waals surface area contributed by atoms with Gasteiger partial charge in [-0.25, -0.2) is 9.78 Å². The van der Waals surface area contributed by atoms with Gasteiger partial charge in [-0.15, -0.1) is 0 Å². The molecular weight excluding hydrogens is 449 g/mol. The number of rotatable bonds is 9. The van der Waals surface area contributed by atoms with Crippen molar-refractivity contribution in [3.05, 3.63) is 105 Å². The van der Waals surface area contributed by atoms with E-state index in [-0.39, 0.29) is 75.1 Å². The number of esters is 1. The van der Waals surface area contributed by atoms with Crippen molar-refractivity contribution < 1.29 is 70.9 Å². The number of anilines is 1. The smallest absolute Gasteiger partial charge is 0.868 e. The molecule has 0 radical (unpaired) electrons. The summed E-state index contributed by atoms with van der Waals surface area (Å²) in [5.74, 6) is -1.93. The van der Waals surface area contributed by atoms with Crippen LogP contribution in [-0.2, 0) is 22.6 Å². The predicted molar refractivity (Wildman–Crippen MR) is 118 cm³/mol. The molecule has 0 N–H and O–H groups in total. The molecule has 0 unspecified atom stereocenters. The van der Waals surface area contributed by atoms with E-state index in [0.29, 0.717) is 13.1 Å². The summed E-state index contributed by atoms with van der Waals surface area (Å²) >= 11 is 0. The summed E-state index contributed by atoms with van der Waals surface area (Å²) < 4.78 is 4.70. The van der Waals surface area contributed by atoms with Gasteiger partial charge in [0.25, 0.3) is 0 Å². The van der Waals surface area contributed by atoms with Gasteiger partial charge in [-0.1, -0.05) is 60.7 Å². The Balaban J connectivity index is 0.00000385. The van der Waals surface area contributed by atoms with Crippen molar-refractivity contribution >= 4 is 23.6 Å². The van der Waals surface area contributed by atoms with Gasteiger partial charge < -0.3 is 14.7 Å². The van der Waals surface area contributed by atoms with Gasteiger partial charge in [0.05, 0.1) is 17.1 Å². The van der Waals surface area contributed by atoms with Crippen LogP contribution in [0.4, 0.5) is 11.5 Å². The standard InChI is InChI=1S/C24H23N3O5.K/c1-2-32-24(29)21(28)15-20-13-14-25-23(22(20)27(30)31)26(16-18-9-5-3-6-10-18)17-19-11-7-4-8-12-19;/h3-15,28H,2,16-17H2,1H3;/q;+1/p-1/b21-15+;. The third kappa shape index (κ3) is 7.48. The molecule has 33 heavy (non-hydrogen) atoms. The second-order valence-electron chi connectivity index (χ2n) is 6.89. The zero-order valence-electron chi connectivity index (χ0n) is 18.5. The van der Waals surface area contributed by atoms with Crippen molar-refractivity contribution in [2.75, 3.05) is 11.5 Å². The molecule has 0 amide bonds. The molecule has 164 valence electrons. The number of aromatic nitrogens is 1. The Morgan fingerprint density at radius 3 is 2.06 bits per heavy atom. The molecule has 0 spiro atoms. The van der Waals surface area contributed by atoms with Crippen molar-refractivity contribution in [1.29, 1.82) is 0 Å². The van der Waals surface area contributed by atoms with Crippen LogP contribution in [0.5, 0.6) is 0 Å². The number of pyridine rings is 1. The number of benzene rings is 2. The normalized spacial score (nSPS) is 10.8. The first-order valence-electron chi connectivity index (χ1n) is 10.0. The first-order chi connectivity index (χ1) is 15.5. The summed E-state index contributed by atoms with van der Waals surface area (Å²) in [5.41, 5.74) is 1.52. The third-order valence-electron chi connectivity index (χ3n) is 4.61. The molecule has 0 aliphatic carbocycles. The maximum atomic E-state index is 12.2. The molecule has 8 nitrogen and oxygen atoms in total. The average Bonchev–Trinajstić information content (AvgIpc) is 2.80. The van der Waals surface area contributed by atoms with Crippen LogP contribution in [0.3, 0.4) is 0 Å². The fourth-order valence-electron chi connectivity index (χ4n) is 3.21. The van der Waals surface area contributed by atoms with E-state index < -0.39 is 16.7 Å². The molecule has 0 aliphatic rings. The molecule has 3 rings (SSSR count). The van der Waals surface area contributed by atoms with E-state index in [1.54, 1.807) is 11.8 Å². The SMILES string of the molecule is CCOC(=O)/C([O-])=C\c1ccnc(N(Cc2ccccc2)Cc2ccccc2)c1[N+](=O)[O-].[K+]. The average molecular weight is 472 g/mol. The van der Waals surface area contributed by atoms with E-state index in [9.17, 15) is 20.0 Å². The monoisotopic (exact) mass is 471 g/mol. The fourth-order valence-corrected chi connectivity index (χ4v) is 3.21. The summed E-state index contributed by atoms with van der Waals surface area (Å²) in [4.78, 5) is 29.2. The second kappa shape index (κ2) is 13.2. The van der Waals surface area contributed by atoms with Crippen LogP contribution in [0.2, 0.25) is 0 Å². The largest absolute Gasteiger partial charge is 1.00 e. The predicted octanol–water partition coefficient (Wildman–Crippen LogP) is 0.465. The van der Waals surface area contributed by atoms with Crippen molar-refractivity contribution in [1.82, 2.24) is 4.98 Å². The zero-order valence-corrected chi connectivity index (χ0v) is 21.6. The van der Waals surface area contributed by atoms with Gasteiger partial charge >= 0.3 is 63.0 Å². The van der Waals surface area contributed by atoms with Crippen molar-refractivity contribution in [3.63, 3.8) is 0 Å². The van der Waals surface area contributed by atoms with Crippen LogP contribution >= 0.6 is 0 Å². The van der Waals surface area contributed by atoms with Crippen LogP contribution in [0.25, 0.3) is 6.08 Å². The molecule has 0 atom stereocenters. The number of nitrogens with zero attached hydrogens (tertiary/aromatic N) is 3. The molecule has 1 heterocycles. The Labute approximate surface area is 234 Å². The van der Waals surface area contributed by atoms with E-state index in [2.05, 4.69) is 4.98 Å². The van der Waals surface area contributed by atoms with Gasteiger partial charge in [-0.3, -0.25) is 10.1 Å². The van der Waals surface area contributed by atoms with Crippen molar-refractivity contribution in [2.45, 2.75) is 20.0 Å². The number of carbonyl (C=O) groups excluding carboxylic acids is 1. The first-order valence-corrected chi connectivity index (χ1v) is 10.0. The number of hydrogen-bond donors (Lipinski definition) is 0. The van der Waals surface area contributed by atoms with E-state index in [1.165, 1.54) is 12.3 Å². The van der Waals surface area contributed by atoms with Crippen LogP contribution in [0.15, 0.2) is 78.7 Å². The maximum Gasteiger partial charge on any atom is 1.00 e. The van der Waals surface area contributed by atoms with Gasteiger partial charge in [-0.05, 0) is 36.0 Å². The van der Waals surface area contributed by atoms with Crippen LogP contribution < -0.4 is 61.4 Å².